The Morgan fingerprint density at radius 1 is 1.67 bits per heavy atom. The Morgan fingerprint density at radius 3 is 3.11 bits per heavy atom. The van der Waals surface area contributed by atoms with Gasteiger partial charge in [-0.05, 0) is 18.4 Å². The molecule has 1 radical (unpaired) electrons. The molecule has 0 aliphatic heterocycles. The Bertz CT molecular complexity index is 142. The Kier molecular flexibility index (Phi) is 2.37. The van der Waals surface area contributed by atoms with Crippen LogP contribution >= 0.6 is 0 Å². The zero-order chi connectivity index (χ0) is 6.53. The van der Waals surface area contributed by atoms with Gasteiger partial charge in [0.05, 0.1) is 12.5 Å². The fourth-order valence-electron chi connectivity index (χ4n) is 0.758. The first-order valence-electron chi connectivity index (χ1n) is 3.36. The Labute approximate surface area is 55.7 Å². The van der Waals surface area contributed by atoms with Gasteiger partial charge in [0, 0.05) is 6.07 Å². The molecule has 1 rings (SSSR count). The van der Waals surface area contributed by atoms with E-state index < -0.39 is 0 Å². The molecule has 0 aliphatic carbocycles. The molecule has 1 nitrogen and oxygen atoms in total. The van der Waals surface area contributed by atoms with Gasteiger partial charge in [0.1, 0.15) is 0 Å². The fourth-order valence-corrected chi connectivity index (χ4v) is 0.758. The van der Waals surface area contributed by atoms with Crippen molar-refractivity contribution < 1.29 is 4.42 Å². The first-order chi connectivity index (χ1) is 4.43. The Hall–Kier alpha value is -0.720. The van der Waals surface area contributed by atoms with Crippen LogP contribution in [-0.2, 0) is 6.42 Å². The molecular formula is C8H11O. The molecule has 0 saturated carbocycles. The van der Waals surface area contributed by atoms with E-state index >= 15 is 0 Å². The molecule has 0 bridgehead atoms. The van der Waals surface area contributed by atoms with Crippen LogP contribution in [0, 0.1) is 6.07 Å². The summed E-state index contributed by atoms with van der Waals surface area (Å²) in [5.41, 5.74) is 1.19. The third kappa shape index (κ3) is 1.92. The predicted octanol–water partition coefficient (Wildman–Crippen LogP) is 2.42. The van der Waals surface area contributed by atoms with E-state index in [1.807, 2.05) is 0 Å². The van der Waals surface area contributed by atoms with E-state index in [1.54, 1.807) is 12.5 Å². The highest BCUT2D eigenvalue weighted by atomic mass is 16.3. The lowest BCUT2D eigenvalue weighted by Crippen LogP contribution is -1.78. The van der Waals surface area contributed by atoms with Crippen molar-refractivity contribution in [2.24, 2.45) is 0 Å². The lowest BCUT2D eigenvalue weighted by Gasteiger charge is -1.89. The molecule has 0 aromatic carbocycles. The summed E-state index contributed by atoms with van der Waals surface area (Å²) in [7, 11) is 0. The van der Waals surface area contributed by atoms with Crippen molar-refractivity contribution in [2.45, 2.75) is 26.2 Å². The van der Waals surface area contributed by atoms with Gasteiger partial charge in [0.2, 0.25) is 0 Å². The van der Waals surface area contributed by atoms with Crippen molar-refractivity contribution in [1.29, 1.82) is 0 Å². The smallest absolute Gasteiger partial charge is 0.0985 e. The van der Waals surface area contributed by atoms with E-state index in [0.29, 0.717) is 0 Å². The number of hydrogen-bond donors (Lipinski definition) is 0. The highest BCUT2D eigenvalue weighted by molar-refractivity contribution is 5.02. The van der Waals surface area contributed by atoms with Gasteiger partial charge in [-0.1, -0.05) is 13.3 Å². The van der Waals surface area contributed by atoms with E-state index in [0.717, 1.165) is 6.42 Å². The highest BCUT2D eigenvalue weighted by Crippen LogP contribution is 2.03. The standard InChI is InChI=1S/C8H11O/c1-2-3-4-8-5-6-9-7-8/h6-7H,2-4H2,1H3. The van der Waals surface area contributed by atoms with Crippen LogP contribution in [0.4, 0.5) is 0 Å². The maximum atomic E-state index is 4.86. The summed E-state index contributed by atoms with van der Waals surface area (Å²) in [6.07, 6.45) is 6.93. The number of furan rings is 1. The van der Waals surface area contributed by atoms with Gasteiger partial charge in [-0.2, -0.15) is 0 Å². The van der Waals surface area contributed by atoms with Gasteiger partial charge in [-0.25, -0.2) is 0 Å². The molecule has 0 saturated heterocycles. The molecule has 0 N–H and O–H groups in total. The molecule has 1 heterocycles. The fraction of sp³-hybridized carbons (Fsp3) is 0.500. The van der Waals surface area contributed by atoms with Crippen molar-refractivity contribution >= 4 is 0 Å². The third-order valence-electron chi connectivity index (χ3n) is 1.32. The van der Waals surface area contributed by atoms with E-state index in [-0.39, 0.29) is 0 Å². The Morgan fingerprint density at radius 2 is 2.56 bits per heavy atom. The van der Waals surface area contributed by atoms with Gasteiger partial charge in [-0.15, -0.1) is 0 Å². The molecule has 0 fully saturated rings. The normalized spacial score (nSPS) is 9.89. The minimum Gasteiger partial charge on any atom is -0.472 e. The van der Waals surface area contributed by atoms with Crippen molar-refractivity contribution in [3.05, 3.63) is 24.2 Å². The van der Waals surface area contributed by atoms with Crippen molar-refractivity contribution in [1.82, 2.24) is 0 Å². The average Bonchev–Trinajstić information content (AvgIpc) is 2.34. The van der Waals surface area contributed by atoms with Crippen LogP contribution in [0.15, 0.2) is 16.9 Å². The number of hydrogen-bond acceptors (Lipinski definition) is 1. The summed E-state index contributed by atoms with van der Waals surface area (Å²) in [6.45, 7) is 2.18. The van der Waals surface area contributed by atoms with Gasteiger partial charge < -0.3 is 4.42 Å². The summed E-state index contributed by atoms with van der Waals surface area (Å²) in [4.78, 5) is 0. The summed E-state index contributed by atoms with van der Waals surface area (Å²) in [5.74, 6) is 0. The number of aryl methyl sites for hydroxylation is 1. The maximum Gasteiger partial charge on any atom is 0.0985 e. The van der Waals surface area contributed by atoms with E-state index in [9.17, 15) is 0 Å². The summed E-state index contributed by atoms with van der Waals surface area (Å²) in [5, 5.41) is 0. The van der Waals surface area contributed by atoms with Crippen LogP contribution < -0.4 is 0 Å². The van der Waals surface area contributed by atoms with Crippen LogP contribution in [0.1, 0.15) is 25.3 Å². The van der Waals surface area contributed by atoms with Crippen LogP contribution in [0.3, 0.4) is 0 Å². The summed E-state index contributed by atoms with van der Waals surface area (Å²) >= 11 is 0. The van der Waals surface area contributed by atoms with E-state index in [1.165, 1.54) is 18.4 Å². The number of rotatable bonds is 3. The molecule has 9 heavy (non-hydrogen) atoms. The van der Waals surface area contributed by atoms with Crippen molar-refractivity contribution in [2.75, 3.05) is 0 Å². The first-order valence-corrected chi connectivity index (χ1v) is 3.36. The van der Waals surface area contributed by atoms with Gasteiger partial charge in [0.25, 0.3) is 0 Å². The lowest BCUT2D eigenvalue weighted by molar-refractivity contribution is 0.562. The van der Waals surface area contributed by atoms with Crippen LogP contribution in [0.2, 0.25) is 0 Å². The molecule has 0 unspecified atom stereocenters. The topological polar surface area (TPSA) is 13.1 Å². The largest absolute Gasteiger partial charge is 0.472 e. The molecular weight excluding hydrogens is 112 g/mol. The molecule has 1 aromatic rings. The first kappa shape index (κ1) is 6.40. The molecule has 1 heteroatoms. The highest BCUT2D eigenvalue weighted by Gasteiger charge is 1.91. The minimum absolute atomic E-state index is 1.10. The SMILES string of the molecule is CCCCc1[c]coc1. The maximum absolute atomic E-state index is 4.86. The van der Waals surface area contributed by atoms with Gasteiger partial charge in [-0.3, -0.25) is 0 Å². The molecule has 0 amide bonds. The second-order valence-corrected chi connectivity index (χ2v) is 2.14. The predicted molar refractivity (Wildman–Crippen MR) is 36.2 cm³/mol. The molecule has 0 spiro atoms. The van der Waals surface area contributed by atoms with Crippen LogP contribution in [0.25, 0.3) is 0 Å². The third-order valence-corrected chi connectivity index (χ3v) is 1.32. The average molecular weight is 123 g/mol. The summed E-state index contributed by atoms with van der Waals surface area (Å²) in [6, 6.07) is 3.01. The molecule has 1 aromatic heterocycles. The minimum atomic E-state index is 1.10. The second kappa shape index (κ2) is 3.33. The number of unbranched alkanes of at least 4 members (excludes halogenated alkanes) is 1. The van der Waals surface area contributed by atoms with Crippen LogP contribution in [0.5, 0.6) is 0 Å². The van der Waals surface area contributed by atoms with Crippen molar-refractivity contribution in [3.63, 3.8) is 0 Å². The Balaban J connectivity index is 2.30. The van der Waals surface area contributed by atoms with Gasteiger partial charge in [0.15, 0.2) is 0 Å². The monoisotopic (exact) mass is 123 g/mol. The van der Waals surface area contributed by atoms with Crippen LogP contribution in [-0.4, -0.2) is 0 Å². The zero-order valence-electron chi connectivity index (χ0n) is 5.68. The quantitative estimate of drug-likeness (QED) is 0.601. The van der Waals surface area contributed by atoms with Crippen molar-refractivity contribution in [3.8, 4) is 0 Å². The summed E-state index contributed by atoms with van der Waals surface area (Å²) < 4.78 is 4.86. The molecule has 0 aliphatic rings. The molecule has 49 valence electrons. The van der Waals surface area contributed by atoms with E-state index in [2.05, 4.69) is 13.0 Å². The van der Waals surface area contributed by atoms with Gasteiger partial charge >= 0.3 is 0 Å². The lowest BCUT2D eigenvalue weighted by atomic mass is 10.2. The zero-order valence-corrected chi connectivity index (χ0v) is 5.68. The second-order valence-electron chi connectivity index (χ2n) is 2.14. The molecule has 0 atom stereocenters. The van der Waals surface area contributed by atoms with E-state index in [4.69, 9.17) is 4.42 Å².